The predicted octanol–water partition coefficient (Wildman–Crippen LogP) is 3.96. The van der Waals surface area contributed by atoms with E-state index in [1.54, 1.807) is 0 Å². The highest BCUT2D eigenvalue weighted by Gasteiger charge is 1.95. The largest absolute Gasteiger partial charge is 0.396 e. The van der Waals surface area contributed by atoms with Gasteiger partial charge in [0.15, 0.2) is 0 Å². The van der Waals surface area contributed by atoms with Gasteiger partial charge in [0.05, 0.1) is 0 Å². The summed E-state index contributed by atoms with van der Waals surface area (Å²) in [7, 11) is 0. The number of aliphatic hydroxyl groups is 1. The Hall–Kier alpha value is -0.340. The summed E-state index contributed by atoms with van der Waals surface area (Å²) >= 11 is 3.39. The Morgan fingerprint density at radius 3 is 1.93 bits per heavy atom. The monoisotopic (exact) mass is 258 g/mol. The molecule has 0 saturated carbocycles. The third-order valence-corrected chi connectivity index (χ3v) is 2.29. The van der Waals surface area contributed by atoms with Crippen LogP contribution in [-0.4, -0.2) is 11.7 Å². The minimum atomic E-state index is 0.319. The number of rotatable bonds is 2. The van der Waals surface area contributed by atoms with Gasteiger partial charge in [-0.1, -0.05) is 48.8 Å². The summed E-state index contributed by atoms with van der Waals surface area (Å²) in [5, 5.41) is 7.88. The van der Waals surface area contributed by atoms with Crippen molar-refractivity contribution in [3.63, 3.8) is 0 Å². The Bertz CT molecular complexity index is 227. The highest BCUT2D eigenvalue weighted by molar-refractivity contribution is 9.10. The van der Waals surface area contributed by atoms with Crippen LogP contribution in [0.3, 0.4) is 0 Å². The molecule has 0 amide bonds. The van der Waals surface area contributed by atoms with E-state index in [0.29, 0.717) is 12.5 Å². The molecule has 0 aliphatic heterocycles. The molecule has 0 aliphatic rings. The van der Waals surface area contributed by atoms with Crippen LogP contribution in [0.2, 0.25) is 0 Å². The smallest absolute Gasteiger partial charge is 0.0428 e. The van der Waals surface area contributed by atoms with E-state index in [1.165, 1.54) is 5.56 Å². The molecule has 1 N–H and O–H groups in total. The Morgan fingerprint density at radius 1 is 1.21 bits per heavy atom. The van der Waals surface area contributed by atoms with Crippen LogP contribution in [0.15, 0.2) is 28.7 Å². The summed E-state index contributed by atoms with van der Waals surface area (Å²) < 4.78 is 1.15. The van der Waals surface area contributed by atoms with Gasteiger partial charge in [-0.3, -0.25) is 0 Å². The fourth-order valence-electron chi connectivity index (χ4n) is 0.848. The fraction of sp³-hybridized carbons (Fsp3) is 0.500. The van der Waals surface area contributed by atoms with Crippen molar-refractivity contribution in [2.24, 2.45) is 0 Å². The minimum absolute atomic E-state index is 0.319. The Morgan fingerprint density at radius 2 is 1.64 bits per heavy atom. The maximum atomic E-state index is 7.88. The molecule has 0 radical (unpaired) electrons. The highest BCUT2D eigenvalue weighted by Crippen LogP contribution is 2.16. The number of hydrogen-bond acceptors (Lipinski definition) is 1. The second kappa shape index (κ2) is 8.01. The van der Waals surface area contributed by atoms with Crippen LogP contribution in [0.5, 0.6) is 0 Å². The summed E-state index contributed by atoms with van der Waals surface area (Å²) in [6.07, 6.45) is 0.875. The molecule has 1 nitrogen and oxygen atoms in total. The summed E-state index contributed by atoms with van der Waals surface area (Å²) in [4.78, 5) is 0. The maximum Gasteiger partial charge on any atom is 0.0428 e. The van der Waals surface area contributed by atoms with Crippen molar-refractivity contribution in [2.75, 3.05) is 6.61 Å². The van der Waals surface area contributed by atoms with Gasteiger partial charge in [0.2, 0.25) is 0 Å². The van der Waals surface area contributed by atoms with E-state index >= 15 is 0 Å². The molecule has 2 heteroatoms. The molecular formula is C12H19BrO. The van der Waals surface area contributed by atoms with Gasteiger partial charge in [0.25, 0.3) is 0 Å². The lowest BCUT2D eigenvalue weighted by atomic mass is 10.0. The highest BCUT2D eigenvalue weighted by atomic mass is 79.9. The van der Waals surface area contributed by atoms with Crippen LogP contribution in [0.1, 0.15) is 38.7 Å². The van der Waals surface area contributed by atoms with E-state index in [2.05, 4.69) is 54.0 Å². The molecule has 0 aliphatic carbocycles. The Balaban J connectivity index is 0.000000364. The number of aliphatic hydroxyl groups excluding tert-OH is 1. The van der Waals surface area contributed by atoms with Crippen LogP contribution >= 0.6 is 15.9 Å². The first-order valence-corrected chi connectivity index (χ1v) is 5.77. The summed E-state index contributed by atoms with van der Waals surface area (Å²) in [5.74, 6) is 0.632. The van der Waals surface area contributed by atoms with Crippen LogP contribution in [0.4, 0.5) is 0 Å². The van der Waals surface area contributed by atoms with Crippen molar-refractivity contribution in [3.8, 4) is 0 Å². The van der Waals surface area contributed by atoms with Gasteiger partial charge in [-0.2, -0.15) is 0 Å². The predicted molar refractivity (Wildman–Crippen MR) is 65.6 cm³/mol. The second-order valence-corrected chi connectivity index (χ2v) is 4.35. The molecule has 1 aromatic rings. The van der Waals surface area contributed by atoms with E-state index in [9.17, 15) is 0 Å². The Kier molecular flexibility index (Phi) is 7.81. The molecule has 1 rings (SSSR count). The molecule has 0 bridgehead atoms. The minimum Gasteiger partial charge on any atom is -0.396 e. The first-order valence-electron chi connectivity index (χ1n) is 4.98. The van der Waals surface area contributed by atoms with Crippen molar-refractivity contribution in [2.45, 2.75) is 33.1 Å². The molecule has 0 heterocycles. The van der Waals surface area contributed by atoms with E-state index in [-0.39, 0.29) is 0 Å². The second-order valence-electron chi connectivity index (χ2n) is 3.43. The van der Waals surface area contributed by atoms with E-state index in [0.717, 1.165) is 10.9 Å². The van der Waals surface area contributed by atoms with E-state index < -0.39 is 0 Å². The van der Waals surface area contributed by atoms with Gasteiger partial charge in [-0.25, -0.2) is 0 Å². The quantitative estimate of drug-likeness (QED) is 0.852. The van der Waals surface area contributed by atoms with E-state index in [4.69, 9.17) is 5.11 Å². The van der Waals surface area contributed by atoms with Crippen molar-refractivity contribution < 1.29 is 5.11 Å². The molecule has 0 aromatic heterocycles. The van der Waals surface area contributed by atoms with Gasteiger partial charge in [-0.15, -0.1) is 0 Å². The summed E-state index contributed by atoms with van der Waals surface area (Å²) in [6, 6.07) is 8.45. The first-order chi connectivity index (χ1) is 6.61. The normalized spacial score (nSPS) is 9.57. The van der Waals surface area contributed by atoms with Gasteiger partial charge in [-0.05, 0) is 30.0 Å². The lowest BCUT2D eigenvalue weighted by Gasteiger charge is -2.03. The molecule has 0 unspecified atom stereocenters. The third-order valence-electron chi connectivity index (χ3n) is 1.76. The molecule has 14 heavy (non-hydrogen) atoms. The van der Waals surface area contributed by atoms with E-state index in [1.807, 2.05) is 6.92 Å². The zero-order valence-electron chi connectivity index (χ0n) is 9.13. The van der Waals surface area contributed by atoms with Gasteiger partial charge in [0.1, 0.15) is 0 Å². The molecule has 0 fully saturated rings. The zero-order valence-corrected chi connectivity index (χ0v) is 10.7. The first kappa shape index (κ1) is 13.7. The zero-order chi connectivity index (χ0) is 11.0. The summed E-state index contributed by atoms with van der Waals surface area (Å²) in [5.41, 5.74) is 1.39. The van der Waals surface area contributed by atoms with Crippen LogP contribution in [-0.2, 0) is 0 Å². The maximum absolute atomic E-state index is 7.88. The fourth-order valence-corrected chi connectivity index (χ4v) is 1.11. The van der Waals surface area contributed by atoms with Crippen LogP contribution < -0.4 is 0 Å². The molecular weight excluding hydrogens is 240 g/mol. The lowest BCUT2D eigenvalue weighted by Crippen LogP contribution is -1.84. The lowest BCUT2D eigenvalue weighted by molar-refractivity contribution is 0.295. The van der Waals surface area contributed by atoms with Crippen molar-refractivity contribution in [1.82, 2.24) is 0 Å². The molecule has 80 valence electrons. The summed E-state index contributed by atoms with van der Waals surface area (Å²) in [6.45, 7) is 6.65. The molecule has 1 aromatic carbocycles. The standard InChI is InChI=1S/C9H11Br.C3H8O/c1-7(2)8-3-5-9(10)6-4-8;1-2-3-4/h3-7H,1-2H3;4H,2-3H2,1H3. The van der Waals surface area contributed by atoms with Crippen LogP contribution in [0.25, 0.3) is 0 Å². The average molecular weight is 259 g/mol. The molecule has 0 spiro atoms. The number of benzene rings is 1. The molecule has 0 saturated heterocycles. The van der Waals surface area contributed by atoms with Crippen molar-refractivity contribution in [1.29, 1.82) is 0 Å². The van der Waals surface area contributed by atoms with Gasteiger partial charge >= 0.3 is 0 Å². The SMILES string of the molecule is CC(C)c1ccc(Br)cc1.CCCO. The van der Waals surface area contributed by atoms with Crippen LogP contribution in [0, 0.1) is 0 Å². The topological polar surface area (TPSA) is 20.2 Å². The number of hydrogen-bond donors (Lipinski definition) is 1. The average Bonchev–Trinajstić information content (AvgIpc) is 2.19. The molecule has 0 atom stereocenters. The number of halogens is 1. The third kappa shape index (κ3) is 6.17. The Labute approximate surface area is 95.3 Å². The van der Waals surface area contributed by atoms with Gasteiger partial charge in [0, 0.05) is 11.1 Å². The van der Waals surface area contributed by atoms with Crippen molar-refractivity contribution >= 4 is 15.9 Å². The van der Waals surface area contributed by atoms with Crippen molar-refractivity contribution in [3.05, 3.63) is 34.3 Å². The van der Waals surface area contributed by atoms with Gasteiger partial charge < -0.3 is 5.11 Å².